The zero-order valence-electron chi connectivity index (χ0n) is 10.1. The first-order valence-corrected chi connectivity index (χ1v) is 7.74. The highest BCUT2D eigenvalue weighted by molar-refractivity contribution is 9.10. The van der Waals surface area contributed by atoms with Crippen LogP contribution >= 0.6 is 31.9 Å². The van der Waals surface area contributed by atoms with Gasteiger partial charge in [-0.2, -0.15) is 0 Å². The average Bonchev–Trinajstić information content (AvgIpc) is 2.33. The fraction of sp³-hybridized carbons (Fsp3) is 0.462. The summed E-state index contributed by atoms with van der Waals surface area (Å²) in [6, 6.07) is 5.36. The van der Waals surface area contributed by atoms with Crippen molar-refractivity contribution in [3.8, 4) is 5.75 Å². The first-order chi connectivity index (χ1) is 8.60. The summed E-state index contributed by atoms with van der Waals surface area (Å²) in [6.07, 6.45) is 3.26. The van der Waals surface area contributed by atoms with E-state index in [1.165, 1.54) is 6.42 Å². The second-order valence-electron chi connectivity index (χ2n) is 4.57. The van der Waals surface area contributed by atoms with Crippen molar-refractivity contribution in [2.45, 2.75) is 24.8 Å². The molecule has 1 aromatic rings. The molecule has 1 N–H and O–H groups in total. The minimum absolute atomic E-state index is 0.0301. The number of rotatable bonds is 4. The summed E-state index contributed by atoms with van der Waals surface area (Å²) in [6.45, 7) is 0. The van der Waals surface area contributed by atoms with E-state index in [2.05, 4.69) is 37.2 Å². The molecule has 0 radical (unpaired) electrons. The molecule has 3 nitrogen and oxygen atoms in total. The molecule has 0 heterocycles. The van der Waals surface area contributed by atoms with Gasteiger partial charge in [0.2, 0.25) is 0 Å². The zero-order chi connectivity index (χ0) is 13.2. The summed E-state index contributed by atoms with van der Waals surface area (Å²) in [5.41, 5.74) is 0.596. The van der Waals surface area contributed by atoms with Gasteiger partial charge in [-0.1, -0.05) is 15.9 Å². The number of ether oxygens (including phenoxy) is 1. The highest BCUT2D eigenvalue weighted by Crippen LogP contribution is 2.34. The molecule has 98 valence electrons. The topological polar surface area (TPSA) is 38.3 Å². The molecule has 1 aromatic carbocycles. The molecule has 5 heteroatoms. The predicted octanol–water partition coefficient (Wildman–Crippen LogP) is 3.51. The second kappa shape index (κ2) is 5.61. The molecule has 1 amide bonds. The van der Waals surface area contributed by atoms with Crippen LogP contribution in [0.1, 0.15) is 29.6 Å². The molecule has 1 aliphatic carbocycles. The first kappa shape index (κ1) is 13.9. The Hall–Kier alpha value is -0.550. The number of hydrogen-bond donors (Lipinski definition) is 1. The van der Waals surface area contributed by atoms with Gasteiger partial charge < -0.3 is 10.1 Å². The summed E-state index contributed by atoms with van der Waals surface area (Å²) in [5, 5.41) is 3.92. The van der Waals surface area contributed by atoms with Crippen LogP contribution in [0.15, 0.2) is 22.7 Å². The lowest BCUT2D eigenvalue weighted by Gasteiger charge is -2.41. The highest BCUT2D eigenvalue weighted by atomic mass is 79.9. The van der Waals surface area contributed by atoms with E-state index in [-0.39, 0.29) is 11.4 Å². The molecule has 0 bridgehead atoms. The Morgan fingerprint density at radius 1 is 1.50 bits per heavy atom. The number of methoxy groups -OCH3 is 1. The molecular formula is C13H15Br2NO2. The van der Waals surface area contributed by atoms with Gasteiger partial charge >= 0.3 is 0 Å². The van der Waals surface area contributed by atoms with Crippen LogP contribution in [0, 0.1) is 0 Å². The van der Waals surface area contributed by atoms with E-state index in [1.54, 1.807) is 25.3 Å². The van der Waals surface area contributed by atoms with Crippen molar-refractivity contribution in [2.75, 3.05) is 12.4 Å². The van der Waals surface area contributed by atoms with Crippen LogP contribution in [0.2, 0.25) is 0 Å². The van der Waals surface area contributed by atoms with Crippen LogP contribution < -0.4 is 10.1 Å². The minimum atomic E-state index is -0.0521. The van der Waals surface area contributed by atoms with E-state index in [0.717, 1.165) is 28.4 Å². The summed E-state index contributed by atoms with van der Waals surface area (Å²) in [5.74, 6) is 0.697. The average molecular weight is 377 g/mol. The van der Waals surface area contributed by atoms with Gasteiger partial charge in [-0.15, -0.1) is 0 Å². The van der Waals surface area contributed by atoms with Gasteiger partial charge in [0.25, 0.3) is 5.91 Å². The monoisotopic (exact) mass is 375 g/mol. The number of benzene rings is 1. The Morgan fingerprint density at radius 3 is 2.67 bits per heavy atom. The number of hydrogen-bond acceptors (Lipinski definition) is 2. The van der Waals surface area contributed by atoms with Gasteiger partial charge in [-0.05, 0) is 53.4 Å². The third kappa shape index (κ3) is 2.72. The maximum Gasteiger partial charge on any atom is 0.251 e. The summed E-state index contributed by atoms with van der Waals surface area (Å²) in [7, 11) is 1.61. The molecular weight excluding hydrogens is 362 g/mol. The lowest BCUT2D eigenvalue weighted by Crippen LogP contribution is -2.54. The summed E-state index contributed by atoms with van der Waals surface area (Å²) in [4.78, 5) is 12.2. The van der Waals surface area contributed by atoms with Crippen LogP contribution in [0.4, 0.5) is 0 Å². The minimum Gasteiger partial charge on any atom is -0.496 e. The molecule has 0 saturated heterocycles. The second-order valence-corrected chi connectivity index (χ2v) is 5.99. The zero-order valence-corrected chi connectivity index (χ0v) is 13.3. The Bertz CT molecular complexity index is 453. The summed E-state index contributed by atoms with van der Waals surface area (Å²) < 4.78 is 5.94. The van der Waals surface area contributed by atoms with Crippen LogP contribution in [0.25, 0.3) is 0 Å². The number of nitrogens with one attached hydrogen (secondary N) is 1. The van der Waals surface area contributed by atoms with Crippen molar-refractivity contribution in [3.05, 3.63) is 28.2 Å². The largest absolute Gasteiger partial charge is 0.496 e. The van der Waals surface area contributed by atoms with Gasteiger partial charge in [0, 0.05) is 10.9 Å². The molecule has 0 atom stereocenters. The Morgan fingerprint density at radius 2 is 2.22 bits per heavy atom. The third-order valence-corrected chi connectivity index (χ3v) is 5.05. The van der Waals surface area contributed by atoms with Crippen molar-refractivity contribution in [1.29, 1.82) is 0 Å². The van der Waals surface area contributed by atoms with E-state index < -0.39 is 0 Å². The molecule has 0 aliphatic heterocycles. The van der Waals surface area contributed by atoms with Crippen molar-refractivity contribution in [3.63, 3.8) is 0 Å². The SMILES string of the molecule is COc1ccc(C(=O)NC2(CBr)CCC2)cc1Br. The normalized spacial score (nSPS) is 16.8. The maximum atomic E-state index is 12.2. The lowest BCUT2D eigenvalue weighted by atomic mass is 9.78. The number of halogens is 2. The van der Waals surface area contributed by atoms with Crippen molar-refractivity contribution in [2.24, 2.45) is 0 Å². The Labute approximate surface area is 124 Å². The molecule has 2 rings (SSSR count). The van der Waals surface area contributed by atoms with Gasteiger partial charge in [0.05, 0.1) is 17.1 Å². The van der Waals surface area contributed by atoms with Crippen molar-refractivity contribution >= 4 is 37.8 Å². The Kier molecular flexibility index (Phi) is 4.33. The number of amides is 1. The highest BCUT2D eigenvalue weighted by Gasteiger charge is 2.37. The molecule has 0 aromatic heterocycles. The van der Waals surface area contributed by atoms with E-state index in [4.69, 9.17) is 4.74 Å². The lowest BCUT2D eigenvalue weighted by molar-refractivity contribution is 0.0856. The van der Waals surface area contributed by atoms with Gasteiger partial charge in [-0.25, -0.2) is 0 Å². The van der Waals surface area contributed by atoms with E-state index in [1.807, 2.05) is 0 Å². The molecule has 1 fully saturated rings. The third-order valence-electron chi connectivity index (χ3n) is 3.36. The maximum absolute atomic E-state index is 12.2. The van der Waals surface area contributed by atoms with Crippen molar-refractivity contribution in [1.82, 2.24) is 5.32 Å². The van der Waals surface area contributed by atoms with Crippen LogP contribution in [0.3, 0.4) is 0 Å². The summed E-state index contributed by atoms with van der Waals surface area (Å²) >= 11 is 6.87. The number of carbonyl (C=O) groups excluding carboxylic acids is 1. The molecule has 18 heavy (non-hydrogen) atoms. The van der Waals surface area contributed by atoms with Gasteiger partial charge in [0.1, 0.15) is 5.75 Å². The number of carbonyl (C=O) groups is 1. The van der Waals surface area contributed by atoms with Crippen LogP contribution in [-0.4, -0.2) is 23.9 Å². The fourth-order valence-electron chi connectivity index (χ4n) is 2.02. The molecule has 1 aliphatic rings. The quantitative estimate of drug-likeness (QED) is 0.816. The number of alkyl halides is 1. The predicted molar refractivity (Wildman–Crippen MR) is 78.5 cm³/mol. The van der Waals surface area contributed by atoms with E-state index in [0.29, 0.717) is 5.56 Å². The van der Waals surface area contributed by atoms with Gasteiger partial charge in [0.15, 0.2) is 0 Å². The van der Waals surface area contributed by atoms with Crippen molar-refractivity contribution < 1.29 is 9.53 Å². The van der Waals surface area contributed by atoms with E-state index in [9.17, 15) is 4.79 Å². The Balaban J connectivity index is 2.11. The van der Waals surface area contributed by atoms with Crippen LogP contribution in [-0.2, 0) is 0 Å². The van der Waals surface area contributed by atoms with Crippen LogP contribution in [0.5, 0.6) is 5.75 Å². The first-order valence-electron chi connectivity index (χ1n) is 5.82. The van der Waals surface area contributed by atoms with E-state index >= 15 is 0 Å². The smallest absolute Gasteiger partial charge is 0.251 e. The standard InChI is InChI=1S/C13H15Br2NO2/c1-18-11-4-3-9(7-10(11)15)12(17)16-13(8-14)5-2-6-13/h3-4,7H,2,5-6,8H2,1H3,(H,16,17). The molecule has 0 spiro atoms. The molecule has 0 unspecified atom stereocenters. The van der Waals surface area contributed by atoms with Gasteiger partial charge in [-0.3, -0.25) is 4.79 Å². The fourth-order valence-corrected chi connectivity index (χ4v) is 3.26. The molecule has 1 saturated carbocycles.